The van der Waals surface area contributed by atoms with Crippen LogP contribution in [0.25, 0.3) is 10.1 Å². The van der Waals surface area contributed by atoms with Gasteiger partial charge in [-0.15, -0.1) is 0 Å². The first-order chi connectivity index (χ1) is 15.6. The van der Waals surface area contributed by atoms with E-state index in [-0.39, 0.29) is 6.04 Å². The number of anilines is 1. The van der Waals surface area contributed by atoms with Gasteiger partial charge in [0.1, 0.15) is 5.82 Å². The van der Waals surface area contributed by atoms with Gasteiger partial charge in [-0.2, -0.15) is 4.37 Å². The van der Waals surface area contributed by atoms with Crippen molar-refractivity contribution in [2.75, 3.05) is 37.6 Å². The lowest BCUT2D eigenvalue weighted by atomic mass is 9.84. The first-order valence-corrected chi connectivity index (χ1v) is 13.8. The quantitative estimate of drug-likeness (QED) is 0.547. The standard InChI is InChI=1S/C23H31N5O2S2/c29-32(30,20-9-11-24-17-20)26-19-7-5-18(6-8-19)10-12-27-13-15-28(16-14-27)23-21-3-1-2-4-22(21)31-25-23/h1-4,9,11,17-19,24,26H,5-8,10,12-16H2/t18-,19+. The minimum atomic E-state index is -3.40. The second kappa shape index (κ2) is 9.51. The Morgan fingerprint density at radius 1 is 1.06 bits per heavy atom. The van der Waals surface area contributed by atoms with Gasteiger partial charge in [0, 0.05) is 50.0 Å². The van der Waals surface area contributed by atoms with E-state index in [9.17, 15) is 8.42 Å². The molecule has 1 aliphatic heterocycles. The molecule has 1 aromatic carbocycles. The molecular formula is C23H31N5O2S2. The maximum atomic E-state index is 12.4. The Hall–Kier alpha value is -1.94. The van der Waals surface area contributed by atoms with Crippen LogP contribution in [0.5, 0.6) is 0 Å². The summed E-state index contributed by atoms with van der Waals surface area (Å²) in [5, 5.41) is 1.27. The van der Waals surface area contributed by atoms with E-state index < -0.39 is 10.0 Å². The molecule has 0 unspecified atom stereocenters. The number of aromatic nitrogens is 2. The van der Waals surface area contributed by atoms with Crippen LogP contribution in [0.4, 0.5) is 5.82 Å². The van der Waals surface area contributed by atoms with Gasteiger partial charge in [-0.25, -0.2) is 13.1 Å². The van der Waals surface area contributed by atoms with E-state index in [1.807, 2.05) is 0 Å². The first kappa shape index (κ1) is 21.9. The highest BCUT2D eigenvalue weighted by Crippen LogP contribution is 2.31. The third kappa shape index (κ3) is 4.85. The lowest BCUT2D eigenvalue weighted by Gasteiger charge is -2.36. The molecule has 1 saturated heterocycles. The van der Waals surface area contributed by atoms with Gasteiger partial charge in [-0.3, -0.25) is 4.90 Å². The Labute approximate surface area is 194 Å². The summed E-state index contributed by atoms with van der Waals surface area (Å²) in [6.07, 6.45) is 8.44. The molecule has 9 heteroatoms. The normalized spacial score (nSPS) is 23.1. The number of hydrogen-bond donors (Lipinski definition) is 2. The predicted octanol–water partition coefficient (Wildman–Crippen LogP) is 3.67. The van der Waals surface area contributed by atoms with Gasteiger partial charge in [-0.1, -0.05) is 12.1 Å². The number of H-pyrrole nitrogens is 1. The second-order valence-corrected chi connectivity index (χ2v) is 11.5. The fourth-order valence-corrected chi connectivity index (χ4v) is 7.06. The molecule has 0 spiro atoms. The summed E-state index contributed by atoms with van der Waals surface area (Å²) in [4.78, 5) is 8.14. The summed E-state index contributed by atoms with van der Waals surface area (Å²) < 4.78 is 33.7. The zero-order chi connectivity index (χ0) is 22.0. The van der Waals surface area contributed by atoms with Crippen molar-refractivity contribution in [1.82, 2.24) is 19.0 Å². The predicted molar refractivity (Wildman–Crippen MR) is 130 cm³/mol. The van der Waals surface area contributed by atoms with Gasteiger partial charge >= 0.3 is 0 Å². The van der Waals surface area contributed by atoms with Gasteiger partial charge in [0.05, 0.1) is 9.60 Å². The molecule has 2 aromatic heterocycles. The molecule has 32 heavy (non-hydrogen) atoms. The Morgan fingerprint density at radius 3 is 2.59 bits per heavy atom. The van der Waals surface area contributed by atoms with E-state index in [1.54, 1.807) is 23.8 Å². The van der Waals surface area contributed by atoms with Crippen LogP contribution in [0.2, 0.25) is 0 Å². The van der Waals surface area contributed by atoms with E-state index in [1.165, 1.54) is 22.7 Å². The van der Waals surface area contributed by atoms with Crippen molar-refractivity contribution >= 4 is 37.5 Å². The number of nitrogens with one attached hydrogen (secondary N) is 2. The maximum absolute atomic E-state index is 12.4. The molecule has 0 atom stereocenters. The van der Waals surface area contributed by atoms with Crippen LogP contribution in [0, 0.1) is 5.92 Å². The molecule has 1 saturated carbocycles. The Bertz CT molecular complexity index is 1110. The molecule has 5 rings (SSSR count). The number of fused-ring (bicyclic) bond motifs is 1. The average Bonchev–Trinajstić information content (AvgIpc) is 3.50. The number of aromatic amines is 1. The Morgan fingerprint density at radius 2 is 1.84 bits per heavy atom. The smallest absolute Gasteiger partial charge is 0.242 e. The van der Waals surface area contributed by atoms with Crippen LogP contribution in [-0.2, 0) is 10.0 Å². The van der Waals surface area contributed by atoms with Crippen LogP contribution in [-0.4, -0.2) is 61.4 Å². The SMILES string of the molecule is O=S(=O)(N[C@H]1CC[C@@H](CCN2CCN(c3nsc4ccccc34)CC2)CC1)c1cc[nH]c1. The summed E-state index contributed by atoms with van der Waals surface area (Å²) in [5.74, 6) is 1.84. The molecule has 2 aliphatic rings. The number of sulfonamides is 1. The van der Waals surface area contributed by atoms with Crippen molar-refractivity contribution in [2.24, 2.45) is 5.92 Å². The number of nitrogens with zero attached hydrogens (tertiary/aromatic N) is 3. The molecule has 1 aliphatic carbocycles. The third-order valence-electron chi connectivity index (χ3n) is 6.93. The monoisotopic (exact) mass is 473 g/mol. The average molecular weight is 474 g/mol. The van der Waals surface area contributed by atoms with E-state index in [0.29, 0.717) is 10.8 Å². The fourth-order valence-electron chi connectivity index (χ4n) is 4.98. The topological polar surface area (TPSA) is 81.3 Å². The molecule has 2 N–H and O–H groups in total. The van der Waals surface area contributed by atoms with Crippen molar-refractivity contribution in [1.29, 1.82) is 0 Å². The van der Waals surface area contributed by atoms with E-state index in [0.717, 1.165) is 64.2 Å². The summed E-state index contributed by atoms with van der Waals surface area (Å²) in [5.41, 5.74) is 0. The zero-order valence-corrected chi connectivity index (χ0v) is 19.9. The Balaban J connectivity index is 1.04. The fraction of sp³-hybridized carbons (Fsp3) is 0.522. The van der Waals surface area contributed by atoms with Crippen LogP contribution >= 0.6 is 11.5 Å². The highest BCUT2D eigenvalue weighted by Gasteiger charge is 2.27. The van der Waals surface area contributed by atoms with Crippen molar-refractivity contribution in [3.8, 4) is 0 Å². The molecule has 0 amide bonds. The molecular weight excluding hydrogens is 442 g/mol. The zero-order valence-electron chi connectivity index (χ0n) is 18.2. The third-order valence-corrected chi connectivity index (χ3v) is 9.27. The number of rotatable bonds is 7. The van der Waals surface area contributed by atoms with Gasteiger partial charge in [-0.05, 0) is 74.3 Å². The molecule has 3 aromatic rings. The van der Waals surface area contributed by atoms with E-state index >= 15 is 0 Å². The van der Waals surface area contributed by atoms with Crippen molar-refractivity contribution in [3.05, 3.63) is 42.7 Å². The molecule has 7 nitrogen and oxygen atoms in total. The Kier molecular flexibility index (Phi) is 6.50. The van der Waals surface area contributed by atoms with E-state index in [4.69, 9.17) is 4.37 Å². The van der Waals surface area contributed by atoms with Gasteiger partial charge in [0.2, 0.25) is 10.0 Å². The number of piperazine rings is 1. The summed E-state index contributed by atoms with van der Waals surface area (Å²) in [6.45, 7) is 5.36. The summed E-state index contributed by atoms with van der Waals surface area (Å²) in [7, 11) is -3.40. The van der Waals surface area contributed by atoms with Gasteiger partial charge in [0.25, 0.3) is 0 Å². The van der Waals surface area contributed by atoms with Crippen LogP contribution < -0.4 is 9.62 Å². The van der Waals surface area contributed by atoms with Crippen molar-refractivity contribution in [3.63, 3.8) is 0 Å². The minimum absolute atomic E-state index is 0.0580. The highest BCUT2D eigenvalue weighted by atomic mass is 32.2. The molecule has 0 bridgehead atoms. The van der Waals surface area contributed by atoms with Gasteiger partial charge < -0.3 is 9.88 Å². The van der Waals surface area contributed by atoms with E-state index in [2.05, 4.69) is 43.8 Å². The number of benzene rings is 1. The second-order valence-electron chi connectivity index (χ2n) is 9.01. The number of hydrogen-bond acceptors (Lipinski definition) is 6. The lowest BCUT2D eigenvalue weighted by Crippen LogP contribution is -2.47. The maximum Gasteiger partial charge on any atom is 0.242 e. The van der Waals surface area contributed by atoms with Crippen LogP contribution in [0.3, 0.4) is 0 Å². The first-order valence-electron chi connectivity index (χ1n) is 11.6. The summed E-state index contributed by atoms with van der Waals surface area (Å²) in [6, 6.07) is 10.2. The van der Waals surface area contributed by atoms with Crippen LogP contribution in [0.15, 0.2) is 47.6 Å². The van der Waals surface area contributed by atoms with Crippen LogP contribution in [0.1, 0.15) is 32.1 Å². The molecule has 2 fully saturated rings. The summed E-state index contributed by atoms with van der Waals surface area (Å²) >= 11 is 1.59. The van der Waals surface area contributed by atoms with Gasteiger partial charge in [0.15, 0.2) is 0 Å². The molecule has 3 heterocycles. The highest BCUT2D eigenvalue weighted by molar-refractivity contribution is 7.89. The lowest BCUT2D eigenvalue weighted by molar-refractivity contribution is 0.214. The van der Waals surface area contributed by atoms with Crippen molar-refractivity contribution in [2.45, 2.75) is 43.0 Å². The minimum Gasteiger partial charge on any atom is -0.366 e. The van der Waals surface area contributed by atoms with Crippen molar-refractivity contribution < 1.29 is 8.42 Å². The molecule has 0 radical (unpaired) electrons. The largest absolute Gasteiger partial charge is 0.366 e. The molecule has 172 valence electrons.